The van der Waals surface area contributed by atoms with E-state index in [9.17, 15) is 4.79 Å². The summed E-state index contributed by atoms with van der Waals surface area (Å²) < 4.78 is 5.25. The number of aromatic nitrogens is 2. The van der Waals surface area contributed by atoms with Crippen LogP contribution in [-0.4, -0.2) is 22.3 Å². The van der Waals surface area contributed by atoms with Crippen LogP contribution in [-0.2, 0) is 11.2 Å². The van der Waals surface area contributed by atoms with E-state index in [0.717, 1.165) is 21.7 Å². The lowest BCUT2D eigenvalue weighted by molar-refractivity contribution is -0.116. The normalized spacial score (nSPS) is 10.6. The van der Waals surface area contributed by atoms with Crippen LogP contribution in [0, 0.1) is 6.92 Å². The van der Waals surface area contributed by atoms with Crippen molar-refractivity contribution < 1.29 is 9.32 Å². The van der Waals surface area contributed by atoms with Crippen LogP contribution in [0.4, 0.5) is 5.69 Å². The first-order chi connectivity index (χ1) is 12.1. The zero-order valence-electron chi connectivity index (χ0n) is 14.2. The van der Waals surface area contributed by atoms with Gasteiger partial charge in [-0.25, -0.2) is 0 Å². The Kier molecular flexibility index (Phi) is 5.50. The minimum absolute atomic E-state index is 0.0754. The number of amides is 1. The molecule has 6 heteroatoms. The number of rotatable bonds is 6. The Bertz CT molecular complexity index is 876. The Morgan fingerprint density at radius 3 is 2.84 bits per heavy atom. The molecule has 0 saturated carbocycles. The fourth-order valence-electron chi connectivity index (χ4n) is 2.40. The summed E-state index contributed by atoms with van der Waals surface area (Å²) in [6.45, 7) is 2.01. The summed E-state index contributed by atoms with van der Waals surface area (Å²) in [4.78, 5) is 17.6. The SMILES string of the molecule is CSc1cccc(NC(=O)CCc2nc(-c3cccc(C)c3)no2)c1. The molecule has 3 aromatic rings. The van der Waals surface area contributed by atoms with E-state index in [1.54, 1.807) is 11.8 Å². The summed E-state index contributed by atoms with van der Waals surface area (Å²) in [6, 6.07) is 15.7. The minimum Gasteiger partial charge on any atom is -0.339 e. The summed E-state index contributed by atoms with van der Waals surface area (Å²) >= 11 is 1.64. The molecule has 0 fully saturated rings. The van der Waals surface area contributed by atoms with Gasteiger partial charge in [-0.3, -0.25) is 4.79 Å². The Hall–Kier alpha value is -2.60. The average Bonchev–Trinajstić information content (AvgIpc) is 3.09. The first-order valence-corrected chi connectivity index (χ1v) is 9.20. The molecule has 1 N–H and O–H groups in total. The van der Waals surface area contributed by atoms with E-state index in [2.05, 4.69) is 15.5 Å². The molecule has 0 aliphatic heterocycles. The minimum atomic E-state index is -0.0754. The van der Waals surface area contributed by atoms with E-state index in [0.29, 0.717) is 24.6 Å². The van der Waals surface area contributed by atoms with Crippen molar-refractivity contribution in [3.8, 4) is 11.4 Å². The molecule has 0 saturated heterocycles. The third-order valence-electron chi connectivity index (χ3n) is 3.66. The maximum Gasteiger partial charge on any atom is 0.227 e. The molecule has 1 aromatic heterocycles. The van der Waals surface area contributed by atoms with E-state index < -0.39 is 0 Å². The summed E-state index contributed by atoms with van der Waals surface area (Å²) in [5.41, 5.74) is 2.84. The van der Waals surface area contributed by atoms with Gasteiger partial charge < -0.3 is 9.84 Å². The molecule has 25 heavy (non-hydrogen) atoms. The number of nitrogens with zero attached hydrogens (tertiary/aromatic N) is 2. The van der Waals surface area contributed by atoms with Crippen molar-refractivity contribution in [2.45, 2.75) is 24.7 Å². The van der Waals surface area contributed by atoms with Crippen molar-refractivity contribution in [3.05, 3.63) is 60.0 Å². The molecule has 0 unspecified atom stereocenters. The standard InChI is InChI=1S/C19H19N3O2S/c1-13-5-3-6-14(11-13)19-21-18(24-22-19)10-9-17(23)20-15-7-4-8-16(12-15)25-2/h3-8,11-12H,9-10H2,1-2H3,(H,20,23). The van der Waals surface area contributed by atoms with Crippen LogP contribution in [0.5, 0.6) is 0 Å². The number of aryl methyl sites for hydroxylation is 2. The number of hydrogen-bond donors (Lipinski definition) is 1. The van der Waals surface area contributed by atoms with Crippen molar-refractivity contribution in [2.75, 3.05) is 11.6 Å². The van der Waals surface area contributed by atoms with Gasteiger partial charge in [-0.2, -0.15) is 4.98 Å². The second kappa shape index (κ2) is 7.98. The van der Waals surface area contributed by atoms with E-state index in [-0.39, 0.29) is 5.91 Å². The number of thioether (sulfide) groups is 1. The van der Waals surface area contributed by atoms with Gasteiger partial charge in [0, 0.05) is 29.0 Å². The van der Waals surface area contributed by atoms with Gasteiger partial charge >= 0.3 is 0 Å². The summed E-state index contributed by atoms with van der Waals surface area (Å²) in [5.74, 6) is 0.935. The molecule has 0 aliphatic carbocycles. The largest absolute Gasteiger partial charge is 0.339 e. The first-order valence-electron chi connectivity index (χ1n) is 7.97. The van der Waals surface area contributed by atoms with Crippen LogP contribution in [0.15, 0.2) is 57.9 Å². The highest BCUT2D eigenvalue weighted by molar-refractivity contribution is 7.98. The molecule has 0 aliphatic rings. The van der Waals surface area contributed by atoms with Gasteiger partial charge in [-0.1, -0.05) is 35.0 Å². The van der Waals surface area contributed by atoms with Crippen molar-refractivity contribution >= 4 is 23.4 Å². The summed E-state index contributed by atoms with van der Waals surface area (Å²) in [6.07, 6.45) is 2.70. The molecule has 128 valence electrons. The average molecular weight is 353 g/mol. The van der Waals surface area contributed by atoms with E-state index >= 15 is 0 Å². The highest BCUT2D eigenvalue weighted by Crippen LogP contribution is 2.20. The number of nitrogens with one attached hydrogen (secondary N) is 1. The van der Waals surface area contributed by atoms with Gasteiger partial charge in [0.1, 0.15) is 0 Å². The smallest absolute Gasteiger partial charge is 0.227 e. The van der Waals surface area contributed by atoms with Crippen molar-refractivity contribution in [2.24, 2.45) is 0 Å². The highest BCUT2D eigenvalue weighted by atomic mass is 32.2. The quantitative estimate of drug-likeness (QED) is 0.668. The maximum absolute atomic E-state index is 12.1. The Morgan fingerprint density at radius 1 is 1.20 bits per heavy atom. The van der Waals surface area contributed by atoms with Gasteiger partial charge in [0.25, 0.3) is 0 Å². The lowest BCUT2D eigenvalue weighted by Crippen LogP contribution is -2.12. The molecule has 2 aromatic carbocycles. The second-order valence-corrected chi connectivity index (χ2v) is 6.54. The number of carbonyl (C=O) groups excluding carboxylic acids is 1. The van der Waals surface area contributed by atoms with Crippen LogP contribution >= 0.6 is 11.8 Å². The predicted molar refractivity (Wildman–Crippen MR) is 99.6 cm³/mol. The highest BCUT2D eigenvalue weighted by Gasteiger charge is 2.11. The first kappa shape index (κ1) is 17.2. The van der Waals surface area contributed by atoms with Gasteiger partial charge in [0.05, 0.1) is 0 Å². The molecular weight excluding hydrogens is 334 g/mol. The summed E-state index contributed by atoms with van der Waals surface area (Å²) in [7, 11) is 0. The monoisotopic (exact) mass is 353 g/mol. The van der Waals surface area contributed by atoms with Crippen molar-refractivity contribution in [1.29, 1.82) is 0 Å². The molecule has 1 amide bonds. The maximum atomic E-state index is 12.1. The van der Waals surface area contributed by atoms with E-state index in [4.69, 9.17) is 4.52 Å². The molecular formula is C19H19N3O2S. The van der Waals surface area contributed by atoms with Crippen LogP contribution in [0.1, 0.15) is 17.9 Å². The summed E-state index contributed by atoms with van der Waals surface area (Å²) in [5, 5.41) is 6.88. The lowest BCUT2D eigenvalue weighted by atomic mass is 10.1. The Morgan fingerprint density at radius 2 is 2.04 bits per heavy atom. The van der Waals surface area contributed by atoms with Crippen LogP contribution < -0.4 is 5.32 Å². The van der Waals surface area contributed by atoms with Crippen LogP contribution in [0.2, 0.25) is 0 Å². The number of anilines is 1. The predicted octanol–water partition coefficient (Wildman–Crippen LogP) is 4.34. The molecule has 0 radical (unpaired) electrons. The fraction of sp³-hybridized carbons (Fsp3) is 0.211. The third-order valence-corrected chi connectivity index (χ3v) is 4.39. The topological polar surface area (TPSA) is 68.0 Å². The lowest BCUT2D eigenvalue weighted by Gasteiger charge is -2.05. The van der Waals surface area contributed by atoms with Gasteiger partial charge in [-0.15, -0.1) is 11.8 Å². The molecule has 5 nitrogen and oxygen atoms in total. The van der Waals surface area contributed by atoms with Crippen molar-refractivity contribution in [1.82, 2.24) is 10.1 Å². The molecule has 3 rings (SSSR count). The van der Waals surface area contributed by atoms with Crippen LogP contribution in [0.3, 0.4) is 0 Å². The molecule has 0 atom stereocenters. The fourth-order valence-corrected chi connectivity index (χ4v) is 2.86. The van der Waals surface area contributed by atoms with Gasteiger partial charge in [0.2, 0.25) is 17.6 Å². The number of carbonyl (C=O) groups is 1. The zero-order valence-corrected chi connectivity index (χ0v) is 15.0. The molecule has 0 bridgehead atoms. The van der Waals surface area contributed by atoms with Crippen LogP contribution in [0.25, 0.3) is 11.4 Å². The van der Waals surface area contributed by atoms with Gasteiger partial charge in [0.15, 0.2) is 0 Å². The van der Waals surface area contributed by atoms with Crippen molar-refractivity contribution in [3.63, 3.8) is 0 Å². The molecule has 1 heterocycles. The van der Waals surface area contributed by atoms with Gasteiger partial charge in [-0.05, 0) is 37.4 Å². The zero-order chi connectivity index (χ0) is 17.6. The number of hydrogen-bond acceptors (Lipinski definition) is 5. The Labute approximate surface area is 150 Å². The van der Waals surface area contributed by atoms with E-state index in [1.165, 1.54) is 0 Å². The van der Waals surface area contributed by atoms with E-state index in [1.807, 2.05) is 61.7 Å². The Balaban J connectivity index is 1.57. The second-order valence-electron chi connectivity index (χ2n) is 5.66. The third kappa shape index (κ3) is 4.70. The molecule has 0 spiro atoms. The number of benzene rings is 2.